The van der Waals surface area contributed by atoms with Gasteiger partial charge in [0.1, 0.15) is 11.4 Å². The van der Waals surface area contributed by atoms with Gasteiger partial charge >= 0.3 is 0 Å². The summed E-state index contributed by atoms with van der Waals surface area (Å²) >= 11 is 0. The van der Waals surface area contributed by atoms with E-state index in [2.05, 4.69) is 30.8 Å². The maximum Gasteiger partial charge on any atom is 0.120 e. The highest BCUT2D eigenvalue weighted by Crippen LogP contribution is 2.22. The van der Waals surface area contributed by atoms with Crippen LogP contribution in [0, 0.1) is 0 Å². The smallest absolute Gasteiger partial charge is 0.120 e. The highest BCUT2D eigenvalue weighted by Gasteiger charge is 2.18. The van der Waals surface area contributed by atoms with Crippen LogP contribution in [-0.2, 0) is 6.42 Å². The van der Waals surface area contributed by atoms with Gasteiger partial charge in [0, 0.05) is 11.5 Å². The van der Waals surface area contributed by atoms with Crippen molar-refractivity contribution in [3.63, 3.8) is 0 Å². The molecule has 4 nitrogen and oxygen atoms in total. The van der Waals surface area contributed by atoms with Crippen molar-refractivity contribution in [3.8, 4) is 5.75 Å². The molecule has 0 unspecified atom stereocenters. The van der Waals surface area contributed by atoms with E-state index in [1.54, 1.807) is 0 Å². The molecular formula is C14H21N3O. The van der Waals surface area contributed by atoms with Gasteiger partial charge in [-0.05, 0) is 49.9 Å². The fourth-order valence-electron chi connectivity index (χ4n) is 1.92. The van der Waals surface area contributed by atoms with Crippen LogP contribution in [0.25, 0.3) is 10.4 Å². The predicted molar refractivity (Wildman–Crippen MR) is 73.8 cm³/mol. The van der Waals surface area contributed by atoms with Crippen molar-refractivity contribution in [2.75, 3.05) is 6.54 Å². The lowest BCUT2D eigenvalue weighted by Gasteiger charge is -2.26. The van der Waals surface area contributed by atoms with Gasteiger partial charge in [-0.2, -0.15) is 0 Å². The molecule has 0 amide bonds. The quantitative estimate of drug-likeness (QED) is 0.397. The standard InChI is InChI=1S/C14H21N3O/c1-4-10-14(2,3)18-13-7-5-12(6-8-13)9-11-16-17-15/h5-8H,4,9-11H2,1-3H3. The van der Waals surface area contributed by atoms with Gasteiger partial charge in [0.05, 0.1) is 0 Å². The van der Waals surface area contributed by atoms with Gasteiger partial charge in [-0.3, -0.25) is 0 Å². The van der Waals surface area contributed by atoms with Crippen molar-refractivity contribution < 1.29 is 4.74 Å². The van der Waals surface area contributed by atoms with Crippen molar-refractivity contribution in [1.82, 2.24) is 0 Å². The molecule has 0 spiro atoms. The lowest BCUT2D eigenvalue weighted by molar-refractivity contribution is 0.0986. The lowest BCUT2D eigenvalue weighted by Crippen LogP contribution is -2.27. The highest BCUT2D eigenvalue weighted by atomic mass is 16.5. The van der Waals surface area contributed by atoms with Gasteiger partial charge in [-0.15, -0.1) is 0 Å². The molecule has 0 aromatic heterocycles. The molecule has 0 aliphatic carbocycles. The fraction of sp³-hybridized carbons (Fsp3) is 0.571. The molecule has 1 aromatic carbocycles. The van der Waals surface area contributed by atoms with Crippen LogP contribution >= 0.6 is 0 Å². The van der Waals surface area contributed by atoms with Gasteiger partial charge in [-0.1, -0.05) is 30.6 Å². The SMILES string of the molecule is CCCC(C)(C)Oc1ccc(CCN=[N+]=[N-])cc1. The molecule has 1 aromatic rings. The Kier molecular flexibility index (Phi) is 5.53. The Morgan fingerprint density at radius 1 is 1.28 bits per heavy atom. The van der Waals surface area contributed by atoms with Crippen LogP contribution in [0.1, 0.15) is 39.2 Å². The Hall–Kier alpha value is -1.67. The second-order valence-electron chi connectivity index (χ2n) is 4.96. The molecule has 0 saturated carbocycles. The monoisotopic (exact) mass is 247 g/mol. The van der Waals surface area contributed by atoms with Crippen LogP contribution in [0.5, 0.6) is 5.75 Å². The van der Waals surface area contributed by atoms with Crippen molar-refractivity contribution in [2.45, 2.75) is 45.6 Å². The Balaban J connectivity index is 2.57. The summed E-state index contributed by atoms with van der Waals surface area (Å²) in [4.78, 5) is 2.74. The molecule has 98 valence electrons. The summed E-state index contributed by atoms with van der Waals surface area (Å²) < 4.78 is 5.94. The number of nitrogens with zero attached hydrogens (tertiary/aromatic N) is 3. The first-order valence-electron chi connectivity index (χ1n) is 6.36. The molecule has 0 heterocycles. The molecule has 18 heavy (non-hydrogen) atoms. The van der Waals surface area contributed by atoms with Gasteiger partial charge in [-0.25, -0.2) is 0 Å². The van der Waals surface area contributed by atoms with E-state index in [4.69, 9.17) is 10.3 Å². The molecule has 4 heteroatoms. The third-order valence-electron chi connectivity index (χ3n) is 2.73. The molecule has 0 fully saturated rings. The minimum Gasteiger partial charge on any atom is -0.488 e. The normalized spacial score (nSPS) is 10.8. The van der Waals surface area contributed by atoms with Gasteiger partial charge in [0.25, 0.3) is 0 Å². The maximum absolute atomic E-state index is 8.20. The second-order valence-corrected chi connectivity index (χ2v) is 4.96. The largest absolute Gasteiger partial charge is 0.488 e. The summed E-state index contributed by atoms with van der Waals surface area (Å²) in [5.41, 5.74) is 9.24. The van der Waals surface area contributed by atoms with Crippen molar-refractivity contribution >= 4 is 0 Å². The lowest BCUT2D eigenvalue weighted by atomic mass is 10.0. The Morgan fingerprint density at radius 3 is 2.50 bits per heavy atom. The van der Waals surface area contributed by atoms with Crippen LogP contribution in [0.4, 0.5) is 0 Å². The Bertz CT molecular complexity index is 406. The number of azide groups is 1. The van der Waals surface area contributed by atoms with E-state index in [0.717, 1.165) is 30.6 Å². The number of rotatable bonds is 7. The molecule has 1 rings (SSSR count). The average molecular weight is 247 g/mol. The zero-order valence-corrected chi connectivity index (χ0v) is 11.4. The van der Waals surface area contributed by atoms with Crippen LogP contribution < -0.4 is 4.74 Å². The number of benzene rings is 1. The maximum atomic E-state index is 8.20. The van der Waals surface area contributed by atoms with Crippen molar-refractivity contribution in [2.24, 2.45) is 5.11 Å². The minimum absolute atomic E-state index is 0.124. The van der Waals surface area contributed by atoms with E-state index in [0.29, 0.717) is 6.54 Å². The van der Waals surface area contributed by atoms with Gasteiger partial charge in [0.15, 0.2) is 0 Å². The van der Waals surface area contributed by atoms with E-state index in [-0.39, 0.29) is 5.60 Å². The molecule has 0 saturated heterocycles. The van der Waals surface area contributed by atoms with E-state index >= 15 is 0 Å². The Labute approximate surface area is 109 Å². The number of hydrogen-bond donors (Lipinski definition) is 0. The van der Waals surface area contributed by atoms with E-state index in [1.807, 2.05) is 24.3 Å². The molecule has 0 radical (unpaired) electrons. The van der Waals surface area contributed by atoms with Crippen LogP contribution in [0.3, 0.4) is 0 Å². The summed E-state index contributed by atoms with van der Waals surface area (Å²) in [6, 6.07) is 7.99. The third kappa shape index (κ3) is 5.11. The number of hydrogen-bond acceptors (Lipinski definition) is 2. The van der Waals surface area contributed by atoms with Crippen molar-refractivity contribution in [1.29, 1.82) is 0 Å². The summed E-state index contributed by atoms with van der Waals surface area (Å²) in [5.74, 6) is 0.890. The molecule has 0 atom stereocenters. The second kappa shape index (κ2) is 6.92. The summed E-state index contributed by atoms with van der Waals surface area (Å²) in [6.45, 7) is 6.86. The zero-order chi connectivity index (χ0) is 13.4. The minimum atomic E-state index is -0.124. The topological polar surface area (TPSA) is 58.0 Å². The highest BCUT2D eigenvalue weighted by molar-refractivity contribution is 5.28. The molecule has 0 N–H and O–H groups in total. The third-order valence-corrected chi connectivity index (χ3v) is 2.73. The first kappa shape index (κ1) is 14.4. The predicted octanol–water partition coefficient (Wildman–Crippen LogP) is 4.50. The fourth-order valence-corrected chi connectivity index (χ4v) is 1.92. The average Bonchev–Trinajstić information content (AvgIpc) is 2.31. The number of ether oxygens (including phenoxy) is 1. The van der Waals surface area contributed by atoms with E-state index in [9.17, 15) is 0 Å². The van der Waals surface area contributed by atoms with Gasteiger partial charge in [0.2, 0.25) is 0 Å². The van der Waals surface area contributed by atoms with E-state index in [1.165, 1.54) is 0 Å². The van der Waals surface area contributed by atoms with E-state index < -0.39 is 0 Å². The van der Waals surface area contributed by atoms with Gasteiger partial charge < -0.3 is 4.74 Å². The van der Waals surface area contributed by atoms with Crippen LogP contribution in [0.2, 0.25) is 0 Å². The van der Waals surface area contributed by atoms with Crippen molar-refractivity contribution in [3.05, 3.63) is 40.3 Å². The molecule has 0 aliphatic heterocycles. The molecule has 0 bridgehead atoms. The Morgan fingerprint density at radius 2 is 1.94 bits per heavy atom. The van der Waals surface area contributed by atoms with Crippen LogP contribution in [-0.4, -0.2) is 12.1 Å². The summed E-state index contributed by atoms with van der Waals surface area (Å²) in [5, 5.41) is 3.52. The first-order chi connectivity index (χ1) is 8.57. The molecular weight excluding hydrogens is 226 g/mol. The summed E-state index contributed by atoms with van der Waals surface area (Å²) in [6.07, 6.45) is 2.91. The zero-order valence-electron chi connectivity index (χ0n) is 11.4. The first-order valence-corrected chi connectivity index (χ1v) is 6.36. The van der Waals surface area contributed by atoms with Crippen LogP contribution in [0.15, 0.2) is 29.4 Å². The molecule has 0 aliphatic rings. The summed E-state index contributed by atoms with van der Waals surface area (Å²) in [7, 11) is 0.